The lowest BCUT2D eigenvalue weighted by atomic mass is 10.1. The van der Waals surface area contributed by atoms with Gasteiger partial charge in [-0.3, -0.25) is 0 Å². The summed E-state index contributed by atoms with van der Waals surface area (Å²) < 4.78 is 12.1. The van der Waals surface area contributed by atoms with Crippen LogP contribution in [0.25, 0.3) is 0 Å². The molecule has 0 atom stereocenters. The minimum absolute atomic E-state index is 0.310. The number of hydrogen-bond acceptors (Lipinski definition) is 3. The van der Waals surface area contributed by atoms with Gasteiger partial charge in [0.15, 0.2) is 0 Å². The van der Waals surface area contributed by atoms with E-state index in [9.17, 15) is 0 Å². The second-order valence-electron chi connectivity index (χ2n) is 3.86. The van der Waals surface area contributed by atoms with Crippen molar-refractivity contribution >= 4 is 15.9 Å². The summed E-state index contributed by atoms with van der Waals surface area (Å²) >= 11 is 3.49. The first-order chi connectivity index (χ1) is 7.79. The number of halogens is 1. The summed E-state index contributed by atoms with van der Waals surface area (Å²) in [4.78, 5) is 0. The van der Waals surface area contributed by atoms with Gasteiger partial charge in [0.2, 0.25) is 0 Å². The minimum atomic E-state index is 0.310. The van der Waals surface area contributed by atoms with Crippen LogP contribution in [0, 0.1) is 0 Å². The molecule has 1 aliphatic rings. The zero-order valence-corrected chi connectivity index (χ0v) is 10.9. The van der Waals surface area contributed by atoms with Crippen LogP contribution in [-0.4, -0.2) is 26.3 Å². The Kier molecular flexibility index (Phi) is 4.07. The molecule has 1 N–H and O–H groups in total. The molecule has 0 amide bonds. The van der Waals surface area contributed by atoms with Crippen LogP contribution in [0.1, 0.15) is 12.8 Å². The predicted molar refractivity (Wildman–Crippen MR) is 67.2 cm³/mol. The van der Waals surface area contributed by atoms with E-state index >= 15 is 0 Å². The van der Waals surface area contributed by atoms with Crippen molar-refractivity contribution in [3.63, 3.8) is 0 Å². The molecule has 16 heavy (non-hydrogen) atoms. The van der Waals surface area contributed by atoms with E-state index in [4.69, 9.17) is 9.47 Å². The van der Waals surface area contributed by atoms with Crippen LogP contribution in [0.3, 0.4) is 0 Å². The van der Waals surface area contributed by atoms with Crippen LogP contribution >= 0.6 is 15.9 Å². The Labute approximate surface area is 104 Å². The molecule has 1 saturated heterocycles. The van der Waals surface area contributed by atoms with Gasteiger partial charge in [-0.05, 0) is 54.0 Å². The van der Waals surface area contributed by atoms with Crippen molar-refractivity contribution < 1.29 is 9.47 Å². The third kappa shape index (κ3) is 2.89. The summed E-state index contributed by atoms with van der Waals surface area (Å²) in [6.07, 6.45) is 2.43. The van der Waals surface area contributed by atoms with Crippen molar-refractivity contribution in [2.45, 2.75) is 18.9 Å². The lowest BCUT2D eigenvalue weighted by Gasteiger charge is -2.24. The minimum Gasteiger partial charge on any atom is -0.497 e. The Bertz CT molecular complexity index is 351. The third-order valence-corrected chi connectivity index (χ3v) is 3.37. The fourth-order valence-corrected chi connectivity index (χ4v) is 2.13. The van der Waals surface area contributed by atoms with Crippen LogP contribution < -0.4 is 14.8 Å². The Morgan fingerprint density at radius 1 is 1.31 bits per heavy atom. The van der Waals surface area contributed by atoms with Crippen LogP contribution in [0.15, 0.2) is 22.7 Å². The molecule has 0 radical (unpaired) electrons. The van der Waals surface area contributed by atoms with E-state index in [1.165, 1.54) is 0 Å². The standard InChI is InChI=1S/C12H16BrNO2/c1-15-10-2-3-11(13)12(8-10)16-9-4-6-14-7-5-9/h2-3,8-9,14H,4-7H2,1H3. The average molecular weight is 286 g/mol. The molecule has 4 heteroatoms. The second kappa shape index (κ2) is 5.55. The Balaban J connectivity index is 2.06. The van der Waals surface area contributed by atoms with E-state index in [0.717, 1.165) is 41.9 Å². The van der Waals surface area contributed by atoms with Gasteiger partial charge in [0, 0.05) is 6.07 Å². The maximum atomic E-state index is 5.96. The number of hydrogen-bond donors (Lipinski definition) is 1. The molecule has 88 valence electrons. The first-order valence-electron chi connectivity index (χ1n) is 5.50. The number of piperidine rings is 1. The Hall–Kier alpha value is -0.740. The van der Waals surface area contributed by atoms with Crippen molar-refractivity contribution in [2.24, 2.45) is 0 Å². The summed E-state index contributed by atoms with van der Waals surface area (Å²) in [5, 5.41) is 3.32. The molecule has 0 saturated carbocycles. The molecular weight excluding hydrogens is 270 g/mol. The fraction of sp³-hybridized carbons (Fsp3) is 0.500. The van der Waals surface area contributed by atoms with Crippen LogP contribution in [-0.2, 0) is 0 Å². The van der Waals surface area contributed by atoms with E-state index in [0.29, 0.717) is 6.10 Å². The first kappa shape index (κ1) is 11.7. The van der Waals surface area contributed by atoms with Crippen LogP contribution in [0.2, 0.25) is 0 Å². The topological polar surface area (TPSA) is 30.5 Å². The number of rotatable bonds is 3. The molecule has 0 spiro atoms. The largest absolute Gasteiger partial charge is 0.497 e. The highest BCUT2D eigenvalue weighted by Gasteiger charge is 2.15. The smallest absolute Gasteiger partial charge is 0.137 e. The van der Waals surface area contributed by atoms with Gasteiger partial charge in [-0.2, -0.15) is 0 Å². The van der Waals surface area contributed by atoms with Gasteiger partial charge < -0.3 is 14.8 Å². The third-order valence-electron chi connectivity index (χ3n) is 2.72. The lowest BCUT2D eigenvalue weighted by Crippen LogP contribution is -2.34. The van der Waals surface area contributed by atoms with E-state index in [1.807, 2.05) is 18.2 Å². The molecule has 0 unspecified atom stereocenters. The molecule has 1 aromatic carbocycles. The molecule has 1 aromatic rings. The van der Waals surface area contributed by atoms with Gasteiger partial charge in [-0.15, -0.1) is 0 Å². The summed E-state index contributed by atoms with van der Waals surface area (Å²) in [6.45, 7) is 2.07. The van der Waals surface area contributed by atoms with Gasteiger partial charge >= 0.3 is 0 Å². The van der Waals surface area contributed by atoms with Gasteiger partial charge in [-0.25, -0.2) is 0 Å². The van der Waals surface area contributed by atoms with Gasteiger partial charge in [0.25, 0.3) is 0 Å². The molecule has 3 nitrogen and oxygen atoms in total. The molecule has 1 aliphatic heterocycles. The fourth-order valence-electron chi connectivity index (χ4n) is 1.79. The summed E-state index contributed by atoms with van der Waals surface area (Å²) in [6, 6.07) is 5.79. The van der Waals surface area contributed by atoms with Crippen molar-refractivity contribution in [3.05, 3.63) is 22.7 Å². The van der Waals surface area contributed by atoms with Crippen molar-refractivity contribution in [1.82, 2.24) is 5.32 Å². The van der Waals surface area contributed by atoms with Crippen molar-refractivity contribution in [1.29, 1.82) is 0 Å². The van der Waals surface area contributed by atoms with Crippen molar-refractivity contribution in [2.75, 3.05) is 20.2 Å². The Morgan fingerprint density at radius 3 is 2.75 bits per heavy atom. The van der Waals surface area contributed by atoms with Gasteiger partial charge in [-0.1, -0.05) is 0 Å². The normalized spacial score (nSPS) is 17.1. The molecule has 0 aromatic heterocycles. The van der Waals surface area contributed by atoms with E-state index in [-0.39, 0.29) is 0 Å². The maximum absolute atomic E-state index is 5.96. The zero-order chi connectivity index (χ0) is 11.4. The Morgan fingerprint density at radius 2 is 2.06 bits per heavy atom. The molecule has 2 rings (SSSR count). The maximum Gasteiger partial charge on any atom is 0.137 e. The first-order valence-corrected chi connectivity index (χ1v) is 6.30. The van der Waals surface area contributed by atoms with E-state index < -0.39 is 0 Å². The molecule has 0 aliphatic carbocycles. The zero-order valence-electron chi connectivity index (χ0n) is 9.33. The number of ether oxygens (including phenoxy) is 2. The molecule has 0 bridgehead atoms. The lowest BCUT2D eigenvalue weighted by molar-refractivity contribution is 0.161. The SMILES string of the molecule is COc1ccc(Br)c(OC2CCNCC2)c1. The number of nitrogens with one attached hydrogen (secondary N) is 1. The summed E-state index contributed by atoms with van der Waals surface area (Å²) in [7, 11) is 1.66. The summed E-state index contributed by atoms with van der Waals surface area (Å²) in [5.41, 5.74) is 0. The van der Waals surface area contributed by atoms with Gasteiger partial charge in [0.05, 0.1) is 11.6 Å². The highest BCUT2D eigenvalue weighted by molar-refractivity contribution is 9.10. The monoisotopic (exact) mass is 285 g/mol. The van der Waals surface area contributed by atoms with Crippen molar-refractivity contribution in [3.8, 4) is 11.5 Å². The van der Waals surface area contributed by atoms with Gasteiger partial charge in [0.1, 0.15) is 17.6 Å². The number of benzene rings is 1. The molecule has 1 fully saturated rings. The highest BCUT2D eigenvalue weighted by Crippen LogP contribution is 2.31. The van der Waals surface area contributed by atoms with Crippen LogP contribution in [0.5, 0.6) is 11.5 Å². The molecular formula is C12H16BrNO2. The predicted octanol–water partition coefficient (Wildman–Crippen LogP) is 2.59. The average Bonchev–Trinajstić information content (AvgIpc) is 2.33. The quantitative estimate of drug-likeness (QED) is 0.926. The number of methoxy groups -OCH3 is 1. The van der Waals surface area contributed by atoms with E-state index in [1.54, 1.807) is 7.11 Å². The molecule has 1 heterocycles. The van der Waals surface area contributed by atoms with Crippen LogP contribution in [0.4, 0.5) is 0 Å². The highest BCUT2D eigenvalue weighted by atomic mass is 79.9. The van der Waals surface area contributed by atoms with E-state index in [2.05, 4.69) is 21.2 Å². The second-order valence-corrected chi connectivity index (χ2v) is 4.72. The summed E-state index contributed by atoms with van der Waals surface area (Å²) in [5.74, 6) is 1.69.